The highest BCUT2D eigenvalue weighted by Crippen LogP contribution is 2.46. The van der Waals surface area contributed by atoms with E-state index in [1.807, 2.05) is 12.1 Å². The van der Waals surface area contributed by atoms with E-state index in [0.29, 0.717) is 5.56 Å². The van der Waals surface area contributed by atoms with E-state index in [2.05, 4.69) is 66.5 Å². The predicted molar refractivity (Wildman–Crippen MR) is 156 cm³/mol. The number of nitrogens with one attached hydrogen (secondary N) is 1. The van der Waals surface area contributed by atoms with Gasteiger partial charge in [0.25, 0.3) is 5.91 Å². The van der Waals surface area contributed by atoms with Gasteiger partial charge in [0, 0.05) is 36.8 Å². The number of anilines is 1. The molecule has 0 saturated carbocycles. The van der Waals surface area contributed by atoms with Crippen LogP contribution in [-0.4, -0.2) is 32.1 Å². The van der Waals surface area contributed by atoms with E-state index in [0.717, 1.165) is 94.6 Å². The molecule has 1 aliphatic rings. The van der Waals surface area contributed by atoms with Gasteiger partial charge in [-0.3, -0.25) is 4.79 Å². The Balaban J connectivity index is 0.00000304. The Hall–Kier alpha value is -2.79. The molecule has 1 aliphatic heterocycles. The Bertz CT molecular complexity index is 1430. The Labute approximate surface area is 224 Å². The van der Waals surface area contributed by atoms with Crippen molar-refractivity contribution in [2.45, 2.75) is 33.1 Å². The number of nitrogens with two attached hydrogens (primary N) is 1. The average molecular weight is 523 g/mol. The minimum absolute atomic E-state index is 0. The first-order valence-corrected chi connectivity index (χ1v) is 12.9. The number of primary amides is 1. The first-order valence-electron chi connectivity index (χ1n) is 12.5. The van der Waals surface area contributed by atoms with Gasteiger partial charge in [0.05, 0.1) is 11.3 Å². The molecule has 0 bridgehead atoms. The number of carbonyl (C=O) groups excluding carboxylic acids is 1. The molecule has 0 aromatic heterocycles. The van der Waals surface area contributed by atoms with E-state index in [-0.39, 0.29) is 18.3 Å². The third-order valence-corrected chi connectivity index (χ3v) is 7.66. The summed E-state index contributed by atoms with van der Waals surface area (Å²) in [5.41, 5.74) is 12.0. The summed E-state index contributed by atoms with van der Waals surface area (Å²) in [5.74, 6) is -0.361. The van der Waals surface area contributed by atoms with Crippen LogP contribution in [0, 0.1) is 6.92 Å². The van der Waals surface area contributed by atoms with Gasteiger partial charge >= 0.3 is 0 Å². The van der Waals surface area contributed by atoms with Gasteiger partial charge in [-0.15, -0.1) is 12.4 Å². The second-order valence-electron chi connectivity index (χ2n) is 9.44. The number of fused-ring (bicyclic) bond motifs is 2. The molecule has 6 heteroatoms. The van der Waals surface area contributed by atoms with Crippen LogP contribution in [0.1, 0.15) is 41.3 Å². The molecule has 5 rings (SSSR count). The fourth-order valence-electron chi connectivity index (χ4n) is 5.46. The van der Waals surface area contributed by atoms with E-state index >= 15 is 0 Å². The minimum atomic E-state index is -0.361. The highest BCUT2D eigenvalue weighted by molar-refractivity contribution is 6.32. The molecular weight excluding hydrogens is 489 g/mol. The summed E-state index contributed by atoms with van der Waals surface area (Å²) in [6.45, 7) is 7.61. The quantitative estimate of drug-likeness (QED) is 0.271. The van der Waals surface area contributed by atoms with E-state index in [9.17, 15) is 4.79 Å². The smallest absolute Gasteiger partial charge is 0.251 e. The number of carbonyl (C=O) groups is 1. The zero-order valence-electron chi connectivity index (χ0n) is 20.9. The summed E-state index contributed by atoms with van der Waals surface area (Å²) in [6, 6.07) is 19.0. The zero-order chi connectivity index (χ0) is 24.5. The second-order valence-corrected chi connectivity index (χ2v) is 9.85. The van der Waals surface area contributed by atoms with Gasteiger partial charge in [-0.05, 0) is 76.2 Å². The third kappa shape index (κ3) is 4.66. The normalized spacial score (nSPS) is 13.7. The van der Waals surface area contributed by atoms with Crippen LogP contribution in [0.4, 0.5) is 5.69 Å². The number of hydrogen-bond donors (Lipinski definition) is 2. The molecule has 0 spiro atoms. The second kappa shape index (κ2) is 11.1. The van der Waals surface area contributed by atoms with Crippen LogP contribution >= 0.6 is 24.0 Å². The van der Waals surface area contributed by atoms with Gasteiger partial charge in [-0.1, -0.05) is 61.3 Å². The fraction of sp³-hybridized carbons (Fsp3) is 0.300. The number of hydrogen-bond acceptors (Lipinski definition) is 3. The van der Waals surface area contributed by atoms with Crippen molar-refractivity contribution in [3.63, 3.8) is 0 Å². The molecular formula is C30H33Cl2N3O. The lowest BCUT2D eigenvalue weighted by atomic mass is 9.84. The van der Waals surface area contributed by atoms with Gasteiger partial charge in [0.1, 0.15) is 0 Å². The van der Waals surface area contributed by atoms with Crippen molar-refractivity contribution in [3.05, 3.63) is 76.3 Å². The molecule has 1 amide bonds. The molecule has 1 heterocycles. The number of piperazine rings is 1. The summed E-state index contributed by atoms with van der Waals surface area (Å²) in [4.78, 5) is 15.6. The molecule has 4 nitrogen and oxygen atoms in total. The third-order valence-electron chi connectivity index (χ3n) is 7.25. The number of amides is 1. The van der Waals surface area contributed by atoms with Gasteiger partial charge in [-0.2, -0.15) is 0 Å². The topological polar surface area (TPSA) is 58.4 Å². The van der Waals surface area contributed by atoms with E-state index in [4.69, 9.17) is 17.3 Å². The van der Waals surface area contributed by atoms with Crippen molar-refractivity contribution in [2.75, 3.05) is 31.1 Å². The SMILES string of the molecule is CCCCc1c(C(N)=O)c(N2CCNCC2)c(-c2cccc(Cl)c2C)c2cc3ccccc3cc12.Cl. The molecule has 3 N–H and O–H groups in total. The van der Waals surface area contributed by atoms with Gasteiger partial charge < -0.3 is 16.0 Å². The lowest BCUT2D eigenvalue weighted by Crippen LogP contribution is -2.44. The maximum absolute atomic E-state index is 13.2. The van der Waals surface area contributed by atoms with Crippen LogP contribution in [0.2, 0.25) is 5.02 Å². The highest BCUT2D eigenvalue weighted by atomic mass is 35.5. The molecule has 188 valence electrons. The number of benzene rings is 4. The Morgan fingerprint density at radius 1 is 1.03 bits per heavy atom. The van der Waals surface area contributed by atoms with Gasteiger partial charge in [-0.25, -0.2) is 0 Å². The van der Waals surface area contributed by atoms with Crippen molar-refractivity contribution in [3.8, 4) is 11.1 Å². The van der Waals surface area contributed by atoms with E-state index in [1.165, 1.54) is 5.39 Å². The summed E-state index contributed by atoms with van der Waals surface area (Å²) < 4.78 is 0. The molecule has 4 aromatic rings. The van der Waals surface area contributed by atoms with Crippen LogP contribution in [0.5, 0.6) is 0 Å². The molecule has 0 unspecified atom stereocenters. The maximum atomic E-state index is 13.2. The number of aryl methyl sites for hydroxylation is 1. The average Bonchev–Trinajstić information content (AvgIpc) is 2.87. The highest BCUT2D eigenvalue weighted by Gasteiger charge is 2.28. The lowest BCUT2D eigenvalue weighted by molar-refractivity contribution is 0.1000. The molecule has 0 atom stereocenters. The standard InChI is InChI=1S/C30H32ClN3O.ClH/c1-3-4-10-23-24-17-20-8-5-6-9-21(20)18-25(24)27(22-11-7-12-26(31)19(22)2)29(28(23)30(32)35)34-15-13-33-14-16-34;/h5-9,11-12,17-18,33H,3-4,10,13-16H2,1-2H3,(H2,32,35);1H. The van der Waals surface area contributed by atoms with E-state index < -0.39 is 0 Å². The first-order chi connectivity index (χ1) is 17.0. The van der Waals surface area contributed by atoms with Crippen molar-refractivity contribution in [1.82, 2.24) is 5.32 Å². The fourth-order valence-corrected chi connectivity index (χ4v) is 5.64. The molecule has 0 radical (unpaired) electrons. The first kappa shape index (κ1) is 26.3. The van der Waals surface area contributed by atoms with Crippen molar-refractivity contribution in [2.24, 2.45) is 5.73 Å². The van der Waals surface area contributed by atoms with Crippen molar-refractivity contribution >= 4 is 57.1 Å². The van der Waals surface area contributed by atoms with E-state index in [1.54, 1.807) is 0 Å². The van der Waals surface area contributed by atoms with Crippen LogP contribution in [0.15, 0.2) is 54.6 Å². The number of unbranched alkanes of at least 4 members (excludes halogenated alkanes) is 1. The summed E-state index contributed by atoms with van der Waals surface area (Å²) in [7, 11) is 0. The minimum Gasteiger partial charge on any atom is -0.368 e. The Morgan fingerprint density at radius 2 is 1.69 bits per heavy atom. The molecule has 36 heavy (non-hydrogen) atoms. The van der Waals surface area contributed by atoms with Crippen molar-refractivity contribution in [1.29, 1.82) is 0 Å². The van der Waals surface area contributed by atoms with Crippen LogP contribution in [-0.2, 0) is 6.42 Å². The zero-order valence-corrected chi connectivity index (χ0v) is 22.4. The molecule has 1 fully saturated rings. The lowest BCUT2D eigenvalue weighted by Gasteiger charge is -2.35. The van der Waals surface area contributed by atoms with Crippen LogP contribution in [0.25, 0.3) is 32.7 Å². The molecule has 1 saturated heterocycles. The van der Waals surface area contributed by atoms with Gasteiger partial charge in [0.2, 0.25) is 0 Å². The summed E-state index contributed by atoms with van der Waals surface area (Å²) in [6.07, 6.45) is 2.86. The monoisotopic (exact) mass is 521 g/mol. The Morgan fingerprint density at radius 3 is 2.33 bits per heavy atom. The van der Waals surface area contributed by atoms with Crippen LogP contribution < -0.4 is 16.0 Å². The molecule has 4 aromatic carbocycles. The maximum Gasteiger partial charge on any atom is 0.251 e. The Kier molecular flexibility index (Phi) is 8.09. The number of halogens is 2. The molecule has 0 aliphatic carbocycles. The van der Waals surface area contributed by atoms with Crippen molar-refractivity contribution < 1.29 is 4.79 Å². The van der Waals surface area contributed by atoms with Gasteiger partial charge in [0.15, 0.2) is 0 Å². The van der Waals surface area contributed by atoms with Crippen LogP contribution in [0.3, 0.4) is 0 Å². The number of rotatable bonds is 6. The number of nitrogens with zero attached hydrogens (tertiary/aromatic N) is 1. The summed E-state index contributed by atoms with van der Waals surface area (Å²) in [5, 5.41) is 8.77. The predicted octanol–water partition coefficient (Wildman–Crippen LogP) is 6.89. The largest absolute Gasteiger partial charge is 0.368 e. The summed E-state index contributed by atoms with van der Waals surface area (Å²) >= 11 is 6.63.